The van der Waals surface area contributed by atoms with Crippen molar-refractivity contribution in [2.75, 3.05) is 33.4 Å². The predicted octanol–water partition coefficient (Wildman–Crippen LogP) is 11.2. The van der Waals surface area contributed by atoms with E-state index in [1.165, 1.54) is 44.9 Å². The molecule has 52 heavy (non-hydrogen) atoms. The first-order valence-electron chi connectivity index (χ1n) is 20.2. The van der Waals surface area contributed by atoms with Gasteiger partial charge in [0.25, 0.3) is 0 Å². The number of rotatable bonds is 37. The van der Waals surface area contributed by atoms with Gasteiger partial charge in [-0.05, 0) is 84.1 Å². The van der Waals surface area contributed by atoms with Crippen molar-refractivity contribution in [3.63, 3.8) is 0 Å². The Morgan fingerprint density at radius 1 is 0.615 bits per heavy atom. The lowest BCUT2D eigenvalue weighted by atomic mass is 10.1. The third-order valence-electron chi connectivity index (χ3n) is 8.12. The standard InChI is InChI=1S/C42H74NO8P/c1-4-6-8-10-12-14-16-18-20-22-24-26-28-30-32-34-41(44)48-38-40(39-50-52(46,47)49-37-36-43-3)51-42(45)35-33-31-29-27-25-23-21-19-17-15-13-11-9-7-5-2/h6,8,12,14,18-21,24,26,40,43H,4-5,7,9-11,13,15-17,22-23,25,27-39H2,1-3H3,(H,46,47)/b8-6-,14-12-,20-18-,21-19-,26-24-. The van der Waals surface area contributed by atoms with E-state index in [1.54, 1.807) is 7.05 Å². The molecule has 2 unspecified atom stereocenters. The van der Waals surface area contributed by atoms with Gasteiger partial charge in [0.2, 0.25) is 0 Å². The molecule has 0 aromatic heterocycles. The van der Waals surface area contributed by atoms with Gasteiger partial charge in [-0.15, -0.1) is 0 Å². The van der Waals surface area contributed by atoms with Crippen molar-refractivity contribution in [3.8, 4) is 0 Å². The van der Waals surface area contributed by atoms with Crippen molar-refractivity contribution in [1.82, 2.24) is 5.32 Å². The summed E-state index contributed by atoms with van der Waals surface area (Å²) in [7, 11) is -2.67. The molecule has 0 aromatic rings. The van der Waals surface area contributed by atoms with Crippen molar-refractivity contribution in [2.45, 2.75) is 161 Å². The van der Waals surface area contributed by atoms with Crippen molar-refractivity contribution in [1.29, 1.82) is 0 Å². The third-order valence-corrected chi connectivity index (χ3v) is 9.11. The van der Waals surface area contributed by atoms with Crippen LogP contribution in [0.1, 0.15) is 155 Å². The van der Waals surface area contributed by atoms with Gasteiger partial charge < -0.3 is 19.7 Å². The van der Waals surface area contributed by atoms with Gasteiger partial charge in [-0.3, -0.25) is 18.6 Å². The first-order chi connectivity index (χ1) is 25.3. The van der Waals surface area contributed by atoms with E-state index < -0.39 is 32.5 Å². The summed E-state index contributed by atoms with van der Waals surface area (Å²) in [6.07, 6.45) is 42.7. The summed E-state index contributed by atoms with van der Waals surface area (Å²) < 4.78 is 33.1. The molecule has 0 aliphatic heterocycles. The number of likely N-dealkylation sites (N-methyl/N-ethyl adjacent to an activating group) is 1. The fraction of sp³-hybridized carbons (Fsp3) is 0.714. The molecule has 0 rings (SSSR count). The Morgan fingerprint density at radius 2 is 1.10 bits per heavy atom. The molecule has 0 saturated heterocycles. The Labute approximate surface area is 317 Å². The Kier molecular flexibility index (Phi) is 36.7. The van der Waals surface area contributed by atoms with E-state index in [0.717, 1.165) is 70.6 Å². The van der Waals surface area contributed by atoms with Gasteiger partial charge in [0.15, 0.2) is 6.10 Å². The maximum Gasteiger partial charge on any atom is 0.472 e. The van der Waals surface area contributed by atoms with Crippen LogP contribution in [0.4, 0.5) is 0 Å². The van der Waals surface area contributed by atoms with Crippen molar-refractivity contribution in [3.05, 3.63) is 60.8 Å². The van der Waals surface area contributed by atoms with Gasteiger partial charge in [-0.2, -0.15) is 0 Å². The van der Waals surface area contributed by atoms with Crippen LogP contribution in [0.2, 0.25) is 0 Å². The molecule has 0 aliphatic carbocycles. The maximum atomic E-state index is 12.6. The van der Waals surface area contributed by atoms with Gasteiger partial charge in [0, 0.05) is 19.4 Å². The zero-order valence-electron chi connectivity index (χ0n) is 33.0. The smallest absolute Gasteiger partial charge is 0.462 e. The van der Waals surface area contributed by atoms with Crippen molar-refractivity contribution >= 4 is 19.8 Å². The highest BCUT2D eigenvalue weighted by atomic mass is 31.2. The molecule has 0 fully saturated rings. The highest BCUT2D eigenvalue weighted by Gasteiger charge is 2.26. The van der Waals surface area contributed by atoms with Gasteiger partial charge in [0.1, 0.15) is 6.61 Å². The van der Waals surface area contributed by atoms with Crippen molar-refractivity contribution < 1.29 is 37.6 Å². The third kappa shape index (κ3) is 37.5. The van der Waals surface area contributed by atoms with E-state index >= 15 is 0 Å². The second-order valence-corrected chi connectivity index (χ2v) is 14.5. The van der Waals surface area contributed by atoms with Gasteiger partial charge in [0.05, 0.1) is 13.2 Å². The molecule has 0 aliphatic rings. The molecule has 0 aromatic carbocycles. The number of nitrogens with one attached hydrogen (secondary N) is 1. The topological polar surface area (TPSA) is 120 Å². The van der Waals surface area contributed by atoms with Crippen LogP contribution in [-0.2, 0) is 32.7 Å². The Hall–Kier alpha value is -2.29. The van der Waals surface area contributed by atoms with Crippen LogP contribution in [0.3, 0.4) is 0 Å². The van der Waals surface area contributed by atoms with Crippen LogP contribution in [0.25, 0.3) is 0 Å². The molecule has 0 radical (unpaired) electrons. The first-order valence-corrected chi connectivity index (χ1v) is 21.7. The summed E-state index contributed by atoms with van der Waals surface area (Å²) >= 11 is 0. The molecule has 0 amide bonds. The lowest BCUT2D eigenvalue weighted by molar-refractivity contribution is -0.161. The van der Waals surface area contributed by atoms with Gasteiger partial charge in [-0.1, -0.05) is 126 Å². The zero-order chi connectivity index (χ0) is 38.2. The molecular formula is C42H74NO8P. The Balaban J connectivity index is 4.36. The first kappa shape index (κ1) is 49.7. The highest BCUT2D eigenvalue weighted by Crippen LogP contribution is 2.43. The van der Waals surface area contributed by atoms with E-state index in [9.17, 15) is 19.0 Å². The summed E-state index contributed by atoms with van der Waals surface area (Å²) in [5, 5.41) is 2.81. The average molecular weight is 752 g/mol. The molecule has 300 valence electrons. The van der Waals surface area contributed by atoms with Gasteiger partial charge >= 0.3 is 19.8 Å². The lowest BCUT2D eigenvalue weighted by Crippen LogP contribution is -2.29. The summed E-state index contributed by atoms with van der Waals surface area (Å²) in [5.74, 6) is -0.870. The normalized spacial score (nSPS) is 14.0. The SMILES string of the molecule is CC/C=C\C/C=C\C/C=C\C/C=C\CCCCC(=O)OCC(COP(=O)(O)OCCNC)OC(=O)CCCCCCC/C=C\CCCCCCCC. The largest absolute Gasteiger partial charge is 0.472 e. The van der Waals surface area contributed by atoms with E-state index in [2.05, 4.69) is 79.9 Å². The second kappa shape index (κ2) is 38.4. The molecule has 0 bridgehead atoms. The number of allylic oxidation sites excluding steroid dienone is 10. The molecule has 2 atom stereocenters. The van der Waals surface area contributed by atoms with Crippen LogP contribution < -0.4 is 5.32 Å². The molecule has 0 spiro atoms. The van der Waals surface area contributed by atoms with E-state index in [1.807, 2.05) is 0 Å². The Bertz CT molecular complexity index is 1040. The van der Waals surface area contributed by atoms with Crippen LogP contribution in [0.5, 0.6) is 0 Å². The number of ether oxygens (including phenoxy) is 2. The summed E-state index contributed by atoms with van der Waals surface area (Å²) in [6, 6.07) is 0. The van der Waals surface area contributed by atoms with Gasteiger partial charge in [-0.25, -0.2) is 4.57 Å². The number of hydrogen-bond donors (Lipinski definition) is 2. The molecule has 0 saturated carbocycles. The number of phosphoric ester groups is 1. The summed E-state index contributed by atoms with van der Waals surface area (Å²) in [6.45, 7) is 4.03. The minimum Gasteiger partial charge on any atom is -0.462 e. The van der Waals surface area contributed by atoms with Crippen LogP contribution in [0.15, 0.2) is 60.8 Å². The molecule has 9 nitrogen and oxygen atoms in total. The number of hydrogen-bond acceptors (Lipinski definition) is 8. The van der Waals surface area contributed by atoms with Crippen LogP contribution >= 0.6 is 7.82 Å². The minimum absolute atomic E-state index is 0.0277. The second-order valence-electron chi connectivity index (χ2n) is 13.1. The fourth-order valence-electron chi connectivity index (χ4n) is 5.07. The number of phosphoric acid groups is 1. The number of esters is 2. The molecule has 2 N–H and O–H groups in total. The fourth-order valence-corrected chi connectivity index (χ4v) is 5.82. The number of unbranched alkanes of at least 4 members (excludes halogenated alkanes) is 13. The lowest BCUT2D eigenvalue weighted by Gasteiger charge is -2.20. The van der Waals surface area contributed by atoms with E-state index in [-0.39, 0.29) is 26.1 Å². The molecule has 0 heterocycles. The monoisotopic (exact) mass is 752 g/mol. The van der Waals surface area contributed by atoms with Crippen LogP contribution in [-0.4, -0.2) is 56.3 Å². The van der Waals surface area contributed by atoms with Crippen LogP contribution in [0, 0.1) is 0 Å². The maximum absolute atomic E-state index is 12.6. The molecule has 10 heteroatoms. The number of carbonyl (C=O) groups excluding carboxylic acids is 2. The van der Waals surface area contributed by atoms with Crippen molar-refractivity contribution in [2.24, 2.45) is 0 Å². The van der Waals surface area contributed by atoms with E-state index in [4.69, 9.17) is 18.5 Å². The summed E-state index contributed by atoms with van der Waals surface area (Å²) in [4.78, 5) is 34.9. The predicted molar refractivity (Wildman–Crippen MR) is 215 cm³/mol. The summed E-state index contributed by atoms with van der Waals surface area (Å²) in [5.41, 5.74) is 0. The number of carbonyl (C=O) groups is 2. The zero-order valence-corrected chi connectivity index (χ0v) is 33.9. The average Bonchev–Trinajstić information content (AvgIpc) is 3.12. The highest BCUT2D eigenvalue weighted by molar-refractivity contribution is 7.47. The Morgan fingerprint density at radius 3 is 1.69 bits per heavy atom. The quantitative estimate of drug-likeness (QED) is 0.0276. The van der Waals surface area contributed by atoms with E-state index in [0.29, 0.717) is 19.4 Å². The molecular weight excluding hydrogens is 677 g/mol. The minimum atomic E-state index is -4.36.